The molecule has 0 saturated heterocycles. The van der Waals surface area contributed by atoms with Crippen LogP contribution in [0, 0.1) is 0 Å². The zero-order valence-electron chi connectivity index (χ0n) is 15.9. The predicted molar refractivity (Wildman–Crippen MR) is 109 cm³/mol. The van der Waals surface area contributed by atoms with E-state index in [0.29, 0.717) is 28.6 Å². The lowest BCUT2D eigenvalue weighted by Crippen LogP contribution is -2.10. The van der Waals surface area contributed by atoms with Crippen LogP contribution in [0.3, 0.4) is 0 Å². The van der Waals surface area contributed by atoms with Gasteiger partial charge in [0.1, 0.15) is 11.5 Å². The highest BCUT2D eigenvalue weighted by Crippen LogP contribution is 2.45. The Hall–Kier alpha value is -2.87. The molecule has 0 aliphatic heterocycles. The van der Waals surface area contributed by atoms with Gasteiger partial charge in [-0.3, -0.25) is 9.71 Å². The average molecular weight is 399 g/mol. The van der Waals surface area contributed by atoms with Crippen LogP contribution >= 0.6 is 0 Å². The predicted octanol–water partition coefficient (Wildman–Crippen LogP) is 3.56. The van der Waals surface area contributed by atoms with E-state index in [9.17, 15) is 8.42 Å². The maximum atomic E-state index is 11.7. The van der Waals surface area contributed by atoms with Crippen molar-refractivity contribution >= 4 is 26.6 Å². The molecular weight excluding hydrogens is 378 g/mol. The van der Waals surface area contributed by atoms with Crippen LogP contribution in [-0.2, 0) is 10.0 Å². The summed E-state index contributed by atoms with van der Waals surface area (Å²) in [5.74, 6) is 1.60. The number of fused-ring (bicyclic) bond motifs is 1. The van der Waals surface area contributed by atoms with E-state index in [1.807, 2.05) is 12.1 Å². The van der Waals surface area contributed by atoms with Crippen molar-refractivity contribution in [2.24, 2.45) is 0 Å². The lowest BCUT2D eigenvalue weighted by atomic mass is 10.0. The number of nitrogens with one attached hydrogen (secondary N) is 1. The van der Waals surface area contributed by atoms with Crippen molar-refractivity contribution in [2.45, 2.75) is 18.8 Å². The van der Waals surface area contributed by atoms with Crippen molar-refractivity contribution in [2.75, 3.05) is 25.2 Å². The van der Waals surface area contributed by atoms with Crippen molar-refractivity contribution in [1.82, 2.24) is 9.97 Å². The van der Waals surface area contributed by atoms with E-state index >= 15 is 0 Å². The smallest absolute Gasteiger partial charge is 0.229 e. The molecule has 1 N–H and O–H groups in total. The summed E-state index contributed by atoms with van der Waals surface area (Å²) in [4.78, 5) is 8.99. The summed E-state index contributed by atoms with van der Waals surface area (Å²) in [6.07, 6.45) is 6.75. The van der Waals surface area contributed by atoms with Crippen molar-refractivity contribution in [3.05, 3.63) is 42.2 Å². The van der Waals surface area contributed by atoms with Gasteiger partial charge < -0.3 is 9.47 Å². The van der Waals surface area contributed by atoms with E-state index in [0.717, 1.165) is 35.7 Å². The number of hydrogen-bond acceptors (Lipinski definition) is 6. The Balaban J connectivity index is 1.93. The molecule has 0 bridgehead atoms. The lowest BCUT2D eigenvalue weighted by molar-refractivity contribution is 0.413. The number of hydrogen-bond donors (Lipinski definition) is 1. The minimum atomic E-state index is -3.45. The van der Waals surface area contributed by atoms with Gasteiger partial charge in [0.25, 0.3) is 0 Å². The molecule has 4 rings (SSSR count). The molecule has 1 aromatic carbocycles. The van der Waals surface area contributed by atoms with Gasteiger partial charge in [0.15, 0.2) is 0 Å². The molecule has 7 nitrogen and oxygen atoms in total. The number of sulfonamides is 1. The molecule has 3 aromatic rings. The van der Waals surface area contributed by atoms with Crippen molar-refractivity contribution in [1.29, 1.82) is 0 Å². The number of aromatic nitrogens is 2. The van der Waals surface area contributed by atoms with Gasteiger partial charge in [-0.25, -0.2) is 13.4 Å². The summed E-state index contributed by atoms with van der Waals surface area (Å²) in [7, 11) is -0.328. The molecule has 1 aliphatic rings. The van der Waals surface area contributed by atoms with Crippen LogP contribution in [0.1, 0.15) is 24.3 Å². The summed E-state index contributed by atoms with van der Waals surface area (Å²) < 4.78 is 36.7. The first-order valence-electron chi connectivity index (χ1n) is 8.88. The first-order valence-corrected chi connectivity index (χ1v) is 10.8. The van der Waals surface area contributed by atoms with Gasteiger partial charge >= 0.3 is 0 Å². The Morgan fingerprint density at radius 3 is 2.50 bits per heavy atom. The normalized spacial score (nSPS) is 14.1. The first-order chi connectivity index (χ1) is 13.4. The molecule has 0 amide bonds. The fourth-order valence-corrected chi connectivity index (χ4v) is 3.84. The number of rotatable bonds is 6. The Bertz CT molecular complexity index is 1160. The minimum absolute atomic E-state index is 0.368. The maximum Gasteiger partial charge on any atom is 0.229 e. The second kappa shape index (κ2) is 6.94. The van der Waals surface area contributed by atoms with Gasteiger partial charge in [-0.05, 0) is 48.6 Å². The van der Waals surface area contributed by atoms with Gasteiger partial charge in [-0.1, -0.05) is 0 Å². The zero-order valence-corrected chi connectivity index (χ0v) is 16.7. The SMILES string of the molecule is COc1cncc(-c2cc(C3CC3)c3cc(OC)c(NS(C)(=O)=O)cc3n2)c1. The third kappa shape index (κ3) is 3.73. The Morgan fingerprint density at radius 1 is 1.07 bits per heavy atom. The molecule has 0 atom stereocenters. The Labute approximate surface area is 163 Å². The van der Waals surface area contributed by atoms with Gasteiger partial charge in [-0.15, -0.1) is 0 Å². The van der Waals surface area contributed by atoms with Crippen LogP contribution in [0.15, 0.2) is 36.7 Å². The van der Waals surface area contributed by atoms with Crippen LogP contribution in [0.5, 0.6) is 11.5 Å². The summed E-state index contributed by atoms with van der Waals surface area (Å²) in [6.45, 7) is 0. The molecule has 1 aliphatic carbocycles. The number of anilines is 1. The molecular formula is C20H21N3O4S. The lowest BCUT2D eigenvalue weighted by Gasteiger charge is -2.15. The summed E-state index contributed by atoms with van der Waals surface area (Å²) in [5.41, 5.74) is 3.88. The maximum absolute atomic E-state index is 11.7. The number of methoxy groups -OCH3 is 2. The van der Waals surface area contributed by atoms with E-state index in [4.69, 9.17) is 14.5 Å². The standard InChI is InChI=1S/C20H21N3O4S/c1-26-14-6-13(10-21-11-14)17-7-15(12-4-5-12)16-8-20(27-2)19(9-18(16)22-17)23-28(3,24)25/h6-12,23H,4-5H2,1-3H3. The highest BCUT2D eigenvalue weighted by Gasteiger charge is 2.27. The molecule has 28 heavy (non-hydrogen) atoms. The van der Waals surface area contributed by atoms with E-state index in [-0.39, 0.29) is 0 Å². The van der Waals surface area contributed by atoms with Gasteiger partial charge in [0.2, 0.25) is 10.0 Å². The molecule has 1 saturated carbocycles. The highest BCUT2D eigenvalue weighted by atomic mass is 32.2. The van der Waals surface area contributed by atoms with Gasteiger partial charge in [-0.2, -0.15) is 0 Å². The van der Waals surface area contributed by atoms with E-state index in [1.165, 1.54) is 12.7 Å². The largest absolute Gasteiger partial charge is 0.495 e. The molecule has 1 fully saturated rings. The molecule has 0 radical (unpaired) electrons. The topological polar surface area (TPSA) is 90.4 Å². The molecule has 8 heteroatoms. The molecule has 146 valence electrons. The molecule has 0 unspecified atom stereocenters. The van der Waals surface area contributed by atoms with Crippen LogP contribution < -0.4 is 14.2 Å². The van der Waals surface area contributed by atoms with Crippen molar-refractivity contribution in [3.63, 3.8) is 0 Å². The summed E-state index contributed by atoms with van der Waals surface area (Å²) in [6, 6.07) is 7.55. The Morgan fingerprint density at radius 2 is 1.86 bits per heavy atom. The van der Waals surface area contributed by atoms with E-state index < -0.39 is 10.0 Å². The second-order valence-corrected chi connectivity index (χ2v) is 8.68. The van der Waals surface area contributed by atoms with Gasteiger partial charge in [0, 0.05) is 17.1 Å². The number of ether oxygens (including phenoxy) is 2. The number of benzene rings is 1. The third-order valence-corrected chi connectivity index (χ3v) is 5.31. The fraction of sp³-hybridized carbons (Fsp3) is 0.300. The third-order valence-electron chi connectivity index (χ3n) is 4.72. The van der Waals surface area contributed by atoms with Crippen molar-refractivity contribution < 1.29 is 17.9 Å². The second-order valence-electron chi connectivity index (χ2n) is 6.93. The zero-order chi connectivity index (χ0) is 19.9. The van der Waals surface area contributed by atoms with Gasteiger partial charge in [0.05, 0.1) is 43.6 Å². The average Bonchev–Trinajstić information content (AvgIpc) is 3.50. The van der Waals surface area contributed by atoms with Crippen LogP contribution in [0.25, 0.3) is 22.2 Å². The van der Waals surface area contributed by atoms with Crippen molar-refractivity contribution in [3.8, 4) is 22.8 Å². The quantitative estimate of drug-likeness (QED) is 0.682. The molecule has 0 spiro atoms. The monoisotopic (exact) mass is 399 g/mol. The minimum Gasteiger partial charge on any atom is -0.495 e. The molecule has 2 aromatic heterocycles. The summed E-state index contributed by atoms with van der Waals surface area (Å²) >= 11 is 0. The number of pyridine rings is 2. The van der Waals surface area contributed by atoms with Crippen LogP contribution in [-0.4, -0.2) is 38.9 Å². The van der Waals surface area contributed by atoms with E-state index in [1.54, 1.807) is 25.6 Å². The molecule has 2 heterocycles. The van der Waals surface area contributed by atoms with Crippen LogP contribution in [0.2, 0.25) is 0 Å². The fourth-order valence-electron chi connectivity index (χ4n) is 3.28. The summed E-state index contributed by atoms with van der Waals surface area (Å²) in [5, 5.41) is 0.970. The highest BCUT2D eigenvalue weighted by molar-refractivity contribution is 7.92. The van der Waals surface area contributed by atoms with E-state index in [2.05, 4.69) is 15.8 Å². The first kappa shape index (κ1) is 18.5. The Kier molecular flexibility index (Phi) is 4.58. The number of nitrogens with zero attached hydrogens (tertiary/aromatic N) is 2. The van der Waals surface area contributed by atoms with Crippen LogP contribution in [0.4, 0.5) is 5.69 Å².